The average Bonchev–Trinajstić information content (AvgIpc) is 3.48. The zero-order valence-corrected chi connectivity index (χ0v) is 17.1. The van der Waals surface area contributed by atoms with Gasteiger partial charge in [-0.3, -0.25) is 10.1 Å². The maximum Gasteiger partial charge on any atom is 0.293 e. The summed E-state index contributed by atoms with van der Waals surface area (Å²) in [6, 6.07) is 27.2. The highest BCUT2D eigenvalue weighted by Gasteiger charge is 2.14. The molecule has 7 heteroatoms. The lowest BCUT2D eigenvalue weighted by molar-refractivity contribution is 0.0991. The maximum absolute atomic E-state index is 12.5. The van der Waals surface area contributed by atoms with Gasteiger partial charge in [0.25, 0.3) is 5.91 Å². The van der Waals surface area contributed by atoms with Gasteiger partial charge in [-0.15, -0.1) is 5.10 Å². The van der Waals surface area contributed by atoms with Crippen molar-refractivity contribution in [3.05, 3.63) is 108 Å². The molecule has 0 spiro atoms. The third kappa shape index (κ3) is 4.52. The fraction of sp³-hybridized carbons (Fsp3) is 0.0800. The maximum atomic E-state index is 12.5. The topological polar surface area (TPSA) is 82.2 Å². The SMILES string of the molecule is O=C(Nc1ncn(Cc2ccccc2)n1)c1ccc(COc2ccc3ccccc3c2)o1. The molecular weight excluding hydrogens is 404 g/mol. The van der Waals surface area contributed by atoms with Crippen molar-refractivity contribution in [1.82, 2.24) is 14.8 Å². The van der Waals surface area contributed by atoms with E-state index in [1.165, 1.54) is 0 Å². The number of nitrogens with one attached hydrogen (secondary N) is 1. The quantitative estimate of drug-likeness (QED) is 0.402. The fourth-order valence-electron chi connectivity index (χ4n) is 3.35. The Balaban J connectivity index is 1.18. The van der Waals surface area contributed by atoms with Gasteiger partial charge in [-0.05, 0) is 40.6 Å². The van der Waals surface area contributed by atoms with E-state index in [9.17, 15) is 4.79 Å². The molecule has 0 atom stereocenters. The molecule has 0 aliphatic heterocycles. The summed E-state index contributed by atoms with van der Waals surface area (Å²) in [5.74, 6) is 1.25. The second-order valence-electron chi connectivity index (χ2n) is 7.27. The van der Waals surface area contributed by atoms with E-state index in [0.29, 0.717) is 12.3 Å². The Hall–Kier alpha value is -4.39. The normalized spacial score (nSPS) is 10.9. The summed E-state index contributed by atoms with van der Waals surface area (Å²) in [6.45, 7) is 0.788. The lowest BCUT2D eigenvalue weighted by atomic mass is 10.1. The molecule has 0 unspecified atom stereocenters. The standard InChI is InChI=1S/C25H20N4O3/c30-24(27-25-26-17-29(28-25)15-18-6-2-1-3-7-18)23-13-12-22(32-23)16-31-21-11-10-19-8-4-5-9-20(19)14-21/h1-14,17H,15-16H2,(H,27,28,30). The number of hydrogen-bond donors (Lipinski definition) is 1. The Morgan fingerprint density at radius 3 is 2.62 bits per heavy atom. The van der Waals surface area contributed by atoms with Crippen LogP contribution in [-0.2, 0) is 13.2 Å². The van der Waals surface area contributed by atoms with Gasteiger partial charge in [0.1, 0.15) is 24.4 Å². The molecule has 0 aliphatic rings. The van der Waals surface area contributed by atoms with Gasteiger partial charge >= 0.3 is 0 Å². The first-order valence-electron chi connectivity index (χ1n) is 10.2. The first kappa shape index (κ1) is 19.6. The van der Waals surface area contributed by atoms with Crippen molar-refractivity contribution >= 4 is 22.6 Å². The van der Waals surface area contributed by atoms with E-state index in [4.69, 9.17) is 9.15 Å². The van der Waals surface area contributed by atoms with Gasteiger partial charge in [-0.25, -0.2) is 9.67 Å². The van der Waals surface area contributed by atoms with E-state index < -0.39 is 5.91 Å². The van der Waals surface area contributed by atoms with Crippen LogP contribution in [0, 0.1) is 0 Å². The van der Waals surface area contributed by atoms with Crippen molar-refractivity contribution in [2.24, 2.45) is 0 Å². The molecule has 0 bridgehead atoms. The molecule has 1 amide bonds. The number of benzene rings is 3. The Labute approximate surface area is 184 Å². The Morgan fingerprint density at radius 2 is 1.75 bits per heavy atom. The predicted molar refractivity (Wildman–Crippen MR) is 121 cm³/mol. The number of nitrogens with zero attached hydrogens (tertiary/aromatic N) is 3. The second-order valence-corrected chi connectivity index (χ2v) is 7.27. The summed E-state index contributed by atoms with van der Waals surface area (Å²) in [6.07, 6.45) is 1.58. The van der Waals surface area contributed by atoms with Crippen molar-refractivity contribution in [2.75, 3.05) is 5.32 Å². The number of ether oxygens (including phenoxy) is 1. The molecule has 158 valence electrons. The molecule has 5 rings (SSSR count). The van der Waals surface area contributed by atoms with E-state index >= 15 is 0 Å². The van der Waals surface area contributed by atoms with Crippen LogP contribution in [0.25, 0.3) is 10.8 Å². The van der Waals surface area contributed by atoms with Crippen LogP contribution >= 0.6 is 0 Å². The van der Waals surface area contributed by atoms with Crippen LogP contribution in [0.4, 0.5) is 5.95 Å². The molecule has 5 aromatic rings. The molecule has 3 aromatic carbocycles. The number of hydrogen-bond acceptors (Lipinski definition) is 5. The van der Waals surface area contributed by atoms with Crippen LogP contribution in [-0.4, -0.2) is 20.7 Å². The molecule has 2 heterocycles. The number of rotatable bonds is 7. The summed E-state index contributed by atoms with van der Waals surface area (Å²) in [5, 5.41) is 9.19. The minimum absolute atomic E-state index is 0.168. The van der Waals surface area contributed by atoms with Crippen LogP contribution in [0.3, 0.4) is 0 Å². The van der Waals surface area contributed by atoms with Crippen LogP contribution in [0.2, 0.25) is 0 Å². The highest BCUT2D eigenvalue weighted by Crippen LogP contribution is 2.22. The summed E-state index contributed by atoms with van der Waals surface area (Å²) >= 11 is 0. The van der Waals surface area contributed by atoms with E-state index in [2.05, 4.69) is 21.5 Å². The van der Waals surface area contributed by atoms with Crippen LogP contribution in [0.1, 0.15) is 21.9 Å². The van der Waals surface area contributed by atoms with Gasteiger partial charge in [-0.1, -0.05) is 60.7 Å². The first-order chi connectivity index (χ1) is 15.7. The molecular formula is C25H20N4O3. The van der Waals surface area contributed by atoms with E-state index in [1.807, 2.05) is 66.7 Å². The molecule has 0 radical (unpaired) electrons. The predicted octanol–water partition coefficient (Wildman–Crippen LogP) is 4.90. The smallest absolute Gasteiger partial charge is 0.293 e. The third-order valence-electron chi connectivity index (χ3n) is 4.94. The molecule has 0 saturated carbocycles. The second kappa shape index (κ2) is 8.77. The number of carbonyl (C=O) groups excluding carboxylic acids is 1. The third-order valence-corrected chi connectivity index (χ3v) is 4.94. The van der Waals surface area contributed by atoms with Gasteiger partial charge in [0, 0.05) is 0 Å². The lowest BCUT2D eigenvalue weighted by Gasteiger charge is -2.05. The van der Waals surface area contributed by atoms with Crippen LogP contribution in [0.15, 0.2) is 95.7 Å². The number of anilines is 1. The molecule has 32 heavy (non-hydrogen) atoms. The molecule has 1 N–H and O–H groups in total. The van der Waals surface area contributed by atoms with Gasteiger partial charge in [0.05, 0.1) is 6.54 Å². The fourth-order valence-corrected chi connectivity index (χ4v) is 3.35. The van der Waals surface area contributed by atoms with Crippen molar-refractivity contribution in [1.29, 1.82) is 0 Å². The number of fused-ring (bicyclic) bond motifs is 1. The minimum atomic E-state index is -0.417. The highest BCUT2D eigenvalue weighted by molar-refractivity contribution is 6.01. The number of amides is 1. The number of furan rings is 1. The van der Waals surface area contributed by atoms with E-state index in [1.54, 1.807) is 23.1 Å². The summed E-state index contributed by atoms with van der Waals surface area (Å²) < 4.78 is 13.1. The monoisotopic (exact) mass is 424 g/mol. The lowest BCUT2D eigenvalue weighted by Crippen LogP contribution is -2.12. The van der Waals surface area contributed by atoms with Gasteiger partial charge in [0.15, 0.2) is 5.76 Å². The molecule has 0 saturated heterocycles. The Morgan fingerprint density at radius 1 is 0.938 bits per heavy atom. The largest absolute Gasteiger partial charge is 0.486 e. The summed E-state index contributed by atoms with van der Waals surface area (Å²) in [5.41, 5.74) is 1.09. The van der Waals surface area contributed by atoms with Crippen molar-refractivity contribution in [2.45, 2.75) is 13.2 Å². The Bertz CT molecular complexity index is 1360. The number of carbonyl (C=O) groups is 1. The minimum Gasteiger partial charge on any atom is -0.486 e. The zero-order chi connectivity index (χ0) is 21.8. The average molecular weight is 424 g/mol. The van der Waals surface area contributed by atoms with Crippen molar-refractivity contribution in [3.63, 3.8) is 0 Å². The molecule has 7 nitrogen and oxygen atoms in total. The van der Waals surface area contributed by atoms with Crippen molar-refractivity contribution < 1.29 is 13.9 Å². The summed E-state index contributed by atoms with van der Waals surface area (Å²) in [4.78, 5) is 16.6. The van der Waals surface area contributed by atoms with E-state index in [-0.39, 0.29) is 18.3 Å². The number of aromatic nitrogens is 3. The van der Waals surface area contributed by atoms with Gasteiger partial charge in [-0.2, -0.15) is 0 Å². The molecule has 0 fully saturated rings. The first-order valence-corrected chi connectivity index (χ1v) is 10.2. The Kier molecular flexibility index (Phi) is 5.36. The van der Waals surface area contributed by atoms with E-state index in [0.717, 1.165) is 22.1 Å². The zero-order valence-electron chi connectivity index (χ0n) is 17.1. The molecule has 0 aliphatic carbocycles. The van der Waals surface area contributed by atoms with Crippen LogP contribution in [0.5, 0.6) is 5.75 Å². The van der Waals surface area contributed by atoms with Crippen LogP contribution < -0.4 is 10.1 Å². The van der Waals surface area contributed by atoms with Gasteiger partial charge < -0.3 is 9.15 Å². The highest BCUT2D eigenvalue weighted by atomic mass is 16.5. The molecule has 2 aromatic heterocycles. The van der Waals surface area contributed by atoms with Crippen molar-refractivity contribution in [3.8, 4) is 5.75 Å². The van der Waals surface area contributed by atoms with Gasteiger partial charge in [0.2, 0.25) is 5.95 Å². The summed E-state index contributed by atoms with van der Waals surface area (Å²) in [7, 11) is 0.